The van der Waals surface area contributed by atoms with Gasteiger partial charge in [-0.3, -0.25) is 10.1 Å². The van der Waals surface area contributed by atoms with Gasteiger partial charge in [0.05, 0.1) is 18.6 Å². The van der Waals surface area contributed by atoms with Crippen LogP contribution in [-0.4, -0.2) is 41.1 Å². The second-order valence-corrected chi connectivity index (χ2v) is 10.7. The summed E-state index contributed by atoms with van der Waals surface area (Å²) >= 11 is 0.750. The summed E-state index contributed by atoms with van der Waals surface area (Å²) in [7, 11) is -2.05. The predicted octanol–water partition coefficient (Wildman–Crippen LogP) is 3.93. The highest BCUT2D eigenvalue weighted by Crippen LogP contribution is 2.29. The molecule has 0 radical (unpaired) electrons. The van der Waals surface area contributed by atoms with Crippen molar-refractivity contribution in [1.82, 2.24) is 13.9 Å². The van der Waals surface area contributed by atoms with Crippen LogP contribution in [0, 0.1) is 31.1 Å². The normalized spacial score (nSPS) is 12.0. The standard InChI is InChI=1S/C23H25N5O4S2/c1-14(2)13-34(30,31)23-26-22(33-27-23)25-21(29)18(12-24)11-17-10-15(3)28(16(17)4)19-8-6-7-9-20(19)32-5/h6-11,14H,13H2,1-5H3,(H,25,26,27,29)/b18-11-. The Kier molecular flexibility index (Phi) is 7.54. The number of aromatic nitrogens is 3. The van der Waals surface area contributed by atoms with Crippen molar-refractivity contribution in [3.05, 3.63) is 52.9 Å². The number of benzene rings is 1. The van der Waals surface area contributed by atoms with Crippen LogP contribution in [0.1, 0.15) is 30.8 Å². The highest BCUT2D eigenvalue weighted by molar-refractivity contribution is 7.91. The number of hydrogen-bond acceptors (Lipinski definition) is 8. The first-order valence-electron chi connectivity index (χ1n) is 10.4. The number of hydrogen-bond donors (Lipinski definition) is 1. The summed E-state index contributed by atoms with van der Waals surface area (Å²) in [6.07, 6.45) is 1.49. The minimum atomic E-state index is -3.64. The van der Waals surface area contributed by atoms with E-state index in [1.807, 2.05) is 54.8 Å². The first-order valence-corrected chi connectivity index (χ1v) is 12.8. The zero-order valence-corrected chi connectivity index (χ0v) is 21.1. The molecule has 1 aromatic carbocycles. The lowest BCUT2D eigenvalue weighted by Gasteiger charge is -2.13. The van der Waals surface area contributed by atoms with Gasteiger partial charge in [0.15, 0.2) is 0 Å². The molecule has 0 unspecified atom stereocenters. The van der Waals surface area contributed by atoms with Crippen molar-refractivity contribution < 1.29 is 17.9 Å². The molecule has 0 aliphatic carbocycles. The Morgan fingerprint density at radius 2 is 2.03 bits per heavy atom. The van der Waals surface area contributed by atoms with Gasteiger partial charge in [0.2, 0.25) is 15.0 Å². The van der Waals surface area contributed by atoms with Gasteiger partial charge in [0, 0.05) is 22.9 Å². The van der Waals surface area contributed by atoms with Gasteiger partial charge in [-0.2, -0.15) is 14.6 Å². The number of carbonyl (C=O) groups is 1. The number of nitrogens with zero attached hydrogens (tertiary/aromatic N) is 4. The van der Waals surface area contributed by atoms with Crippen molar-refractivity contribution in [2.24, 2.45) is 5.92 Å². The third kappa shape index (κ3) is 5.35. The van der Waals surface area contributed by atoms with E-state index in [1.54, 1.807) is 21.0 Å². The van der Waals surface area contributed by atoms with E-state index < -0.39 is 15.7 Å². The second-order valence-electron chi connectivity index (χ2n) is 8.02. The maximum atomic E-state index is 12.7. The van der Waals surface area contributed by atoms with Crippen LogP contribution in [0.2, 0.25) is 0 Å². The molecule has 0 saturated heterocycles. The van der Waals surface area contributed by atoms with Crippen LogP contribution in [0.15, 0.2) is 41.1 Å². The Morgan fingerprint density at radius 1 is 1.32 bits per heavy atom. The first kappa shape index (κ1) is 25.1. The summed E-state index contributed by atoms with van der Waals surface area (Å²) < 4.78 is 35.9. The van der Waals surface area contributed by atoms with Crippen LogP contribution in [0.3, 0.4) is 0 Å². The van der Waals surface area contributed by atoms with E-state index in [2.05, 4.69) is 14.7 Å². The minimum absolute atomic E-state index is 0.00738. The number of amides is 1. The van der Waals surface area contributed by atoms with Crippen molar-refractivity contribution in [3.63, 3.8) is 0 Å². The molecule has 3 aromatic rings. The third-order valence-electron chi connectivity index (χ3n) is 4.92. The Balaban J connectivity index is 1.88. The lowest BCUT2D eigenvalue weighted by Crippen LogP contribution is -2.15. The molecule has 3 rings (SSSR count). The molecular weight excluding hydrogens is 474 g/mol. The monoisotopic (exact) mass is 499 g/mol. The smallest absolute Gasteiger partial charge is 0.268 e. The van der Waals surface area contributed by atoms with Gasteiger partial charge in [-0.05, 0) is 49.6 Å². The molecule has 11 heteroatoms. The number of sulfone groups is 1. The van der Waals surface area contributed by atoms with E-state index in [0.717, 1.165) is 28.6 Å². The van der Waals surface area contributed by atoms with Crippen LogP contribution >= 0.6 is 11.5 Å². The Morgan fingerprint density at radius 3 is 2.68 bits per heavy atom. The molecule has 0 fully saturated rings. The van der Waals surface area contributed by atoms with Gasteiger partial charge < -0.3 is 9.30 Å². The maximum Gasteiger partial charge on any atom is 0.268 e. The number of methoxy groups -OCH3 is 1. The summed E-state index contributed by atoms with van der Waals surface area (Å²) in [6, 6.07) is 11.3. The fourth-order valence-electron chi connectivity index (χ4n) is 3.49. The average Bonchev–Trinajstić information content (AvgIpc) is 3.35. The van der Waals surface area contributed by atoms with E-state index in [-0.39, 0.29) is 27.5 Å². The van der Waals surface area contributed by atoms with Crippen LogP contribution in [0.25, 0.3) is 11.8 Å². The summed E-state index contributed by atoms with van der Waals surface area (Å²) in [5.74, 6) is -0.192. The lowest BCUT2D eigenvalue weighted by molar-refractivity contribution is -0.112. The number of anilines is 1. The number of carbonyl (C=O) groups excluding carboxylic acids is 1. The summed E-state index contributed by atoms with van der Waals surface area (Å²) in [4.78, 5) is 16.6. The molecule has 0 saturated carbocycles. The van der Waals surface area contributed by atoms with Gasteiger partial charge in [-0.25, -0.2) is 8.42 Å². The lowest BCUT2D eigenvalue weighted by atomic mass is 10.1. The molecule has 1 N–H and O–H groups in total. The zero-order chi connectivity index (χ0) is 25.0. The van der Waals surface area contributed by atoms with Gasteiger partial charge in [-0.1, -0.05) is 26.0 Å². The number of nitriles is 1. The Bertz CT molecular complexity index is 1390. The SMILES string of the molecule is COc1ccccc1-n1c(C)cc(/C=C(/C#N)C(=O)Nc2nc(S(=O)(=O)CC(C)C)ns2)c1C. The summed E-state index contributed by atoms with van der Waals surface area (Å²) in [5, 5.41) is 11.8. The molecular formula is C23H25N5O4S2. The van der Waals surface area contributed by atoms with Gasteiger partial charge in [0.1, 0.15) is 17.4 Å². The Hall–Kier alpha value is -3.49. The molecule has 0 aliphatic rings. The molecule has 2 aromatic heterocycles. The fourth-order valence-corrected chi connectivity index (χ4v) is 5.84. The van der Waals surface area contributed by atoms with Gasteiger partial charge in [0.25, 0.3) is 11.1 Å². The molecule has 9 nitrogen and oxygen atoms in total. The molecule has 0 atom stereocenters. The van der Waals surface area contributed by atoms with E-state index in [0.29, 0.717) is 11.3 Å². The molecule has 0 bridgehead atoms. The number of para-hydroxylation sites is 2. The summed E-state index contributed by atoms with van der Waals surface area (Å²) in [5.41, 5.74) is 3.09. The van der Waals surface area contributed by atoms with Crippen LogP contribution in [0.5, 0.6) is 5.75 Å². The topological polar surface area (TPSA) is 127 Å². The fraction of sp³-hybridized carbons (Fsp3) is 0.304. The number of rotatable bonds is 8. The molecule has 1 amide bonds. The van der Waals surface area contributed by atoms with Gasteiger partial charge in [-0.15, -0.1) is 0 Å². The quantitative estimate of drug-likeness (QED) is 0.367. The molecule has 178 valence electrons. The number of ether oxygens (including phenoxy) is 1. The maximum absolute atomic E-state index is 12.7. The summed E-state index contributed by atoms with van der Waals surface area (Å²) in [6.45, 7) is 7.36. The van der Waals surface area contributed by atoms with Crippen LogP contribution < -0.4 is 10.1 Å². The van der Waals surface area contributed by atoms with Crippen LogP contribution in [0.4, 0.5) is 5.13 Å². The average molecular weight is 500 g/mol. The molecule has 2 heterocycles. The van der Waals surface area contributed by atoms with E-state index in [4.69, 9.17) is 4.74 Å². The van der Waals surface area contributed by atoms with Crippen molar-refractivity contribution in [3.8, 4) is 17.5 Å². The van der Waals surface area contributed by atoms with Crippen molar-refractivity contribution in [1.29, 1.82) is 5.26 Å². The zero-order valence-electron chi connectivity index (χ0n) is 19.5. The highest BCUT2D eigenvalue weighted by Gasteiger charge is 2.23. The predicted molar refractivity (Wildman–Crippen MR) is 131 cm³/mol. The largest absolute Gasteiger partial charge is 0.495 e. The van der Waals surface area contributed by atoms with Crippen LogP contribution in [-0.2, 0) is 14.6 Å². The minimum Gasteiger partial charge on any atom is -0.495 e. The highest BCUT2D eigenvalue weighted by atomic mass is 32.2. The van der Waals surface area contributed by atoms with E-state index in [9.17, 15) is 18.5 Å². The van der Waals surface area contributed by atoms with Gasteiger partial charge >= 0.3 is 0 Å². The Labute approximate surface area is 202 Å². The third-order valence-corrected chi connectivity index (χ3v) is 7.51. The van der Waals surface area contributed by atoms with Crippen molar-refractivity contribution in [2.45, 2.75) is 32.9 Å². The second kappa shape index (κ2) is 10.2. The van der Waals surface area contributed by atoms with E-state index >= 15 is 0 Å². The van der Waals surface area contributed by atoms with E-state index in [1.165, 1.54) is 6.08 Å². The number of nitrogens with one attached hydrogen (secondary N) is 1. The molecule has 0 spiro atoms. The first-order chi connectivity index (χ1) is 16.1. The number of aryl methyl sites for hydroxylation is 1. The van der Waals surface area contributed by atoms with Crippen molar-refractivity contribution in [2.75, 3.05) is 18.2 Å². The van der Waals surface area contributed by atoms with Crippen molar-refractivity contribution >= 4 is 38.5 Å². The molecule has 34 heavy (non-hydrogen) atoms. The molecule has 0 aliphatic heterocycles.